The van der Waals surface area contributed by atoms with Gasteiger partial charge in [-0.1, -0.05) is 6.07 Å². The molecule has 7 heteroatoms. The van der Waals surface area contributed by atoms with Gasteiger partial charge in [0.05, 0.1) is 17.1 Å². The average molecular weight is 449 g/mol. The van der Waals surface area contributed by atoms with Gasteiger partial charge in [0, 0.05) is 23.7 Å². The number of fused-ring (bicyclic) bond motifs is 1. The SMILES string of the molecule is COc1cc(OCC(=O)NCCc2c(C)[nH]c3c(F)ccc(C)c23)ccc1Br. The van der Waals surface area contributed by atoms with E-state index in [0.29, 0.717) is 30.0 Å². The minimum atomic E-state index is -0.266. The number of benzene rings is 2. The first-order valence-corrected chi connectivity index (χ1v) is 9.69. The second-order valence-electron chi connectivity index (χ2n) is 6.53. The van der Waals surface area contributed by atoms with Crippen molar-refractivity contribution in [2.75, 3.05) is 20.3 Å². The molecule has 0 bridgehead atoms. The number of hydrogen-bond acceptors (Lipinski definition) is 3. The van der Waals surface area contributed by atoms with Crippen LogP contribution in [0.3, 0.4) is 0 Å². The highest BCUT2D eigenvalue weighted by atomic mass is 79.9. The summed E-state index contributed by atoms with van der Waals surface area (Å²) >= 11 is 3.37. The fraction of sp³-hybridized carbons (Fsp3) is 0.286. The minimum Gasteiger partial charge on any atom is -0.495 e. The van der Waals surface area contributed by atoms with E-state index in [1.165, 1.54) is 6.07 Å². The molecular formula is C21H22BrFN2O3. The van der Waals surface area contributed by atoms with Crippen LogP contribution in [-0.2, 0) is 11.2 Å². The summed E-state index contributed by atoms with van der Waals surface area (Å²) in [5.41, 5.74) is 3.46. The van der Waals surface area contributed by atoms with Crippen LogP contribution in [0.25, 0.3) is 10.9 Å². The summed E-state index contributed by atoms with van der Waals surface area (Å²) in [6, 6.07) is 8.50. The van der Waals surface area contributed by atoms with Gasteiger partial charge in [-0.15, -0.1) is 0 Å². The molecule has 28 heavy (non-hydrogen) atoms. The number of aromatic amines is 1. The molecule has 0 fully saturated rings. The lowest BCUT2D eigenvalue weighted by atomic mass is 10.0. The molecule has 2 aromatic carbocycles. The van der Waals surface area contributed by atoms with Crippen LogP contribution in [0.1, 0.15) is 16.8 Å². The fourth-order valence-corrected chi connectivity index (χ4v) is 3.62. The number of aryl methyl sites for hydroxylation is 2. The second-order valence-corrected chi connectivity index (χ2v) is 7.38. The summed E-state index contributed by atoms with van der Waals surface area (Å²) in [6.07, 6.45) is 0.605. The van der Waals surface area contributed by atoms with Crippen molar-refractivity contribution in [3.8, 4) is 11.5 Å². The first-order chi connectivity index (χ1) is 13.4. The maximum absolute atomic E-state index is 14.0. The molecular weight excluding hydrogens is 427 g/mol. The number of amides is 1. The Kier molecular flexibility index (Phi) is 6.24. The van der Waals surface area contributed by atoms with Crippen molar-refractivity contribution in [1.82, 2.24) is 10.3 Å². The number of halogens is 2. The highest BCUT2D eigenvalue weighted by molar-refractivity contribution is 9.10. The molecule has 5 nitrogen and oxygen atoms in total. The molecule has 0 atom stereocenters. The zero-order chi connectivity index (χ0) is 20.3. The van der Waals surface area contributed by atoms with E-state index in [2.05, 4.69) is 26.2 Å². The van der Waals surface area contributed by atoms with Gasteiger partial charge in [-0.2, -0.15) is 0 Å². The Hall–Kier alpha value is -2.54. The van der Waals surface area contributed by atoms with Gasteiger partial charge in [0.15, 0.2) is 6.61 Å². The smallest absolute Gasteiger partial charge is 0.257 e. The normalized spacial score (nSPS) is 10.9. The lowest BCUT2D eigenvalue weighted by Crippen LogP contribution is -2.30. The van der Waals surface area contributed by atoms with E-state index >= 15 is 0 Å². The first kappa shape index (κ1) is 20.2. The molecule has 1 amide bonds. The number of nitrogens with one attached hydrogen (secondary N) is 2. The van der Waals surface area contributed by atoms with Crippen molar-refractivity contribution in [2.24, 2.45) is 0 Å². The molecule has 0 aliphatic carbocycles. The van der Waals surface area contributed by atoms with Crippen molar-refractivity contribution in [2.45, 2.75) is 20.3 Å². The Balaban J connectivity index is 1.57. The summed E-state index contributed by atoms with van der Waals surface area (Å²) in [7, 11) is 1.57. The van der Waals surface area contributed by atoms with Gasteiger partial charge >= 0.3 is 0 Å². The highest BCUT2D eigenvalue weighted by Crippen LogP contribution is 2.29. The zero-order valence-electron chi connectivity index (χ0n) is 16.0. The summed E-state index contributed by atoms with van der Waals surface area (Å²) in [6.45, 7) is 4.22. The molecule has 0 saturated heterocycles. The van der Waals surface area contributed by atoms with Crippen LogP contribution in [0.15, 0.2) is 34.8 Å². The zero-order valence-corrected chi connectivity index (χ0v) is 17.6. The number of methoxy groups -OCH3 is 1. The van der Waals surface area contributed by atoms with Gasteiger partial charge in [0.25, 0.3) is 5.91 Å². The quantitative estimate of drug-likeness (QED) is 0.561. The summed E-state index contributed by atoms with van der Waals surface area (Å²) in [4.78, 5) is 15.2. The lowest BCUT2D eigenvalue weighted by Gasteiger charge is -2.10. The number of carbonyl (C=O) groups is 1. The highest BCUT2D eigenvalue weighted by Gasteiger charge is 2.14. The van der Waals surface area contributed by atoms with Gasteiger partial charge in [-0.05, 0) is 65.5 Å². The number of rotatable bonds is 7. The van der Waals surface area contributed by atoms with Gasteiger partial charge in [-0.25, -0.2) is 4.39 Å². The van der Waals surface area contributed by atoms with Crippen LogP contribution in [-0.4, -0.2) is 31.2 Å². The number of H-pyrrole nitrogens is 1. The Bertz CT molecular complexity index is 1020. The first-order valence-electron chi connectivity index (χ1n) is 8.90. The van der Waals surface area contributed by atoms with Crippen molar-refractivity contribution < 1.29 is 18.7 Å². The van der Waals surface area contributed by atoms with E-state index in [1.54, 1.807) is 31.4 Å². The Morgan fingerprint density at radius 1 is 1.25 bits per heavy atom. The molecule has 0 saturated carbocycles. The maximum Gasteiger partial charge on any atom is 0.257 e. The van der Waals surface area contributed by atoms with Crippen LogP contribution in [0.5, 0.6) is 11.5 Å². The molecule has 2 N–H and O–H groups in total. The number of aromatic nitrogens is 1. The lowest BCUT2D eigenvalue weighted by molar-refractivity contribution is -0.123. The second kappa shape index (κ2) is 8.65. The van der Waals surface area contributed by atoms with Crippen molar-refractivity contribution >= 4 is 32.7 Å². The van der Waals surface area contributed by atoms with Gasteiger partial charge in [0.1, 0.15) is 17.3 Å². The van der Waals surface area contributed by atoms with E-state index < -0.39 is 0 Å². The molecule has 3 aromatic rings. The van der Waals surface area contributed by atoms with Gasteiger partial charge < -0.3 is 19.8 Å². The van der Waals surface area contributed by atoms with Crippen LogP contribution in [0, 0.1) is 19.7 Å². The monoisotopic (exact) mass is 448 g/mol. The summed E-state index contributed by atoms with van der Waals surface area (Å²) in [5.74, 6) is 0.698. The van der Waals surface area contributed by atoms with E-state index in [1.807, 2.05) is 13.8 Å². The van der Waals surface area contributed by atoms with Crippen molar-refractivity contribution in [3.05, 3.63) is 57.4 Å². The molecule has 1 aromatic heterocycles. The van der Waals surface area contributed by atoms with E-state index in [0.717, 1.165) is 26.7 Å². The van der Waals surface area contributed by atoms with Crippen LogP contribution in [0.2, 0.25) is 0 Å². The number of carbonyl (C=O) groups excluding carboxylic acids is 1. The molecule has 0 unspecified atom stereocenters. The third-order valence-electron chi connectivity index (χ3n) is 4.62. The van der Waals surface area contributed by atoms with Gasteiger partial charge in [0.2, 0.25) is 0 Å². The maximum atomic E-state index is 14.0. The predicted molar refractivity (Wildman–Crippen MR) is 111 cm³/mol. The molecule has 0 radical (unpaired) electrons. The predicted octanol–water partition coefficient (Wildman–Crippen LogP) is 4.43. The standard InChI is InChI=1S/C21H22BrFN2O3/c1-12-4-7-17(23)21-20(12)15(13(2)25-21)8-9-24-19(26)11-28-14-5-6-16(22)18(10-14)27-3/h4-7,10,25H,8-9,11H2,1-3H3,(H,24,26). The summed E-state index contributed by atoms with van der Waals surface area (Å²) in [5, 5.41) is 3.74. The fourth-order valence-electron chi connectivity index (χ4n) is 3.21. The van der Waals surface area contributed by atoms with E-state index in [4.69, 9.17) is 9.47 Å². The van der Waals surface area contributed by atoms with E-state index in [-0.39, 0.29) is 18.3 Å². The molecule has 0 aliphatic heterocycles. The van der Waals surface area contributed by atoms with Crippen molar-refractivity contribution in [1.29, 1.82) is 0 Å². The topological polar surface area (TPSA) is 63.4 Å². The van der Waals surface area contributed by atoms with Crippen LogP contribution >= 0.6 is 15.9 Å². The third-order valence-corrected chi connectivity index (χ3v) is 5.27. The Labute approximate surface area is 171 Å². The molecule has 1 heterocycles. The Morgan fingerprint density at radius 3 is 2.79 bits per heavy atom. The van der Waals surface area contributed by atoms with E-state index in [9.17, 15) is 9.18 Å². The largest absolute Gasteiger partial charge is 0.495 e. The van der Waals surface area contributed by atoms with Gasteiger partial charge in [-0.3, -0.25) is 4.79 Å². The van der Waals surface area contributed by atoms with Crippen LogP contribution < -0.4 is 14.8 Å². The molecule has 0 aliphatic rings. The Morgan fingerprint density at radius 2 is 2.04 bits per heavy atom. The molecule has 148 valence electrons. The molecule has 3 rings (SSSR count). The number of hydrogen-bond donors (Lipinski definition) is 2. The summed E-state index contributed by atoms with van der Waals surface area (Å²) < 4.78 is 25.6. The van der Waals surface area contributed by atoms with Crippen molar-refractivity contribution in [3.63, 3.8) is 0 Å². The van der Waals surface area contributed by atoms with Crippen LogP contribution in [0.4, 0.5) is 4.39 Å². The molecule has 0 spiro atoms. The minimum absolute atomic E-state index is 0.0920. The average Bonchev–Trinajstić information content (AvgIpc) is 3.02. The third kappa shape index (κ3) is 4.30. The number of ether oxygens (including phenoxy) is 2.